The van der Waals surface area contributed by atoms with Gasteiger partial charge >= 0.3 is 6.03 Å². The zero-order chi connectivity index (χ0) is 13.8. The summed E-state index contributed by atoms with van der Waals surface area (Å²) in [5.74, 6) is 0.0464. The Balaban J connectivity index is 1.98. The van der Waals surface area contributed by atoms with Crippen LogP contribution in [0.1, 0.15) is 12.8 Å². The molecule has 1 aliphatic heterocycles. The smallest absolute Gasteiger partial charge is 0.317 e. The summed E-state index contributed by atoms with van der Waals surface area (Å²) in [7, 11) is 0. The zero-order valence-electron chi connectivity index (χ0n) is 10.2. The van der Waals surface area contributed by atoms with Gasteiger partial charge in [-0.15, -0.1) is 0 Å². The number of carbonyl (C=O) groups excluding carboxylic acids is 2. The summed E-state index contributed by atoms with van der Waals surface area (Å²) in [5, 5.41) is 13.1. The summed E-state index contributed by atoms with van der Waals surface area (Å²) in [6.07, 6.45) is 1.19. The molecular formula is C12H13N3O4. The first-order chi connectivity index (χ1) is 9.06. The molecule has 0 spiro atoms. The van der Waals surface area contributed by atoms with E-state index < -0.39 is 4.92 Å². The van der Waals surface area contributed by atoms with Crippen molar-refractivity contribution in [3.63, 3.8) is 0 Å². The van der Waals surface area contributed by atoms with Gasteiger partial charge in [0, 0.05) is 30.8 Å². The van der Waals surface area contributed by atoms with E-state index in [2.05, 4.69) is 5.32 Å². The number of ketones is 1. The molecule has 0 saturated carbocycles. The van der Waals surface area contributed by atoms with Gasteiger partial charge in [-0.25, -0.2) is 4.79 Å². The van der Waals surface area contributed by atoms with Gasteiger partial charge in [-0.2, -0.15) is 0 Å². The Morgan fingerprint density at radius 2 is 2.00 bits per heavy atom. The minimum Gasteiger partial charge on any atom is -0.317 e. The van der Waals surface area contributed by atoms with Crippen LogP contribution in [0.25, 0.3) is 0 Å². The maximum atomic E-state index is 11.9. The first-order valence-electron chi connectivity index (χ1n) is 5.88. The van der Waals surface area contributed by atoms with Gasteiger partial charge < -0.3 is 10.2 Å². The van der Waals surface area contributed by atoms with E-state index in [9.17, 15) is 19.7 Å². The molecular weight excluding hydrogens is 250 g/mol. The fourth-order valence-corrected chi connectivity index (χ4v) is 1.88. The number of likely N-dealkylation sites (tertiary alicyclic amines) is 1. The minimum atomic E-state index is -0.505. The minimum absolute atomic E-state index is 0.0360. The number of nitro groups is 1. The third-order valence-corrected chi connectivity index (χ3v) is 2.87. The van der Waals surface area contributed by atoms with Gasteiger partial charge in [-0.1, -0.05) is 0 Å². The van der Waals surface area contributed by atoms with Crippen molar-refractivity contribution < 1.29 is 14.5 Å². The summed E-state index contributed by atoms with van der Waals surface area (Å²) < 4.78 is 0. The lowest BCUT2D eigenvalue weighted by Crippen LogP contribution is -2.42. The predicted molar refractivity (Wildman–Crippen MR) is 67.9 cm³/mol. The number of urea groups is 1. The summed E-state index contributed by atoms with van der Waals surface area (Å²) in [4.78, 5) is 34.5. The topological polar surface area (TPSA) is 92.6 Å². The Morgan fingerprint density at radius 1 is 1.32 bits per heavy atom. The Hall–Kier alpha value is -2.44. The van der Waals surface area contributed by atoms with Gasteiger partial charge in [0.25, 0.3) is 5.69 Å². The molecule has 1 heterocycles. The van der Waals surface area contributed by atoms with Crippen molar-refractivity contribution in [2.45, 2.75) is 12.8 Å². The van der Waals surface area contributed by atoms with Gasteiger partial charge in [0.2, 0.25) is 0 Å². The lowest BCUT2D eigenvalue weighted by atomic mass is 10.1. The van der Waals surface area contributed by atoms with Crippen LogP contribution < -0.4 is 5.32 Å². The second-order valence-electron chi connectivity index (χ2n) is 4.30. The predicted octanol–water partition coefficient (Wildman–Crippen LogP) is 1.79. The first kappa shape index (κ1) is 13.0. The molecule has 2 amide bonds. The monoisotopic (exact) mass is 263 g/mol. The Bertz CT molecular complexity index is 512. The molecule has 0 unspecified atom stereocenters. The second kappa shape index (κ2) is 5.47. The van der Waals surface area contributed by atoms with Crippen LogP contribution in [-0.4, -0.2) is 34.7 Å². The maximum absolute atomic E-state index is 11.9. The molecule has 1 aromatic rings. The SMILES string of the molecule is O=C1CCCN(C(=O)Nc2ccc([N+](=O)[O-])cc2)C1. The Morgan fingerprint density at radius 3 is 2.58 bits per heavy atom. The van der Waals surface area contributed by atoms with Crippen LogP contribution in [0.4, 0.5) is 16.2 Å². The molecule has 100 valence electrons. The lowest BCUT2D eigenvalue weighted by Gasteiger charge is -2.25. The number of anilines is 1. The second-order valence-corrected chi connectivity index (χ2v) is 4.30. The standard InChI is InChI=1S/C12H13N3O4/c16-11-2-1-7-14(8-11)12(17)13-9-3-5-10(6-4-9)15(18)19/h3-6H,1-2,7-8H2,(H,13,17). The van der Waals surface area contributed by atoms with E-state index in [-0.39, 0.29) is 24.0 Å². The van der Waals surface area contributed by atoms with Crippen molar-refractivity contribution in [3.8, 4) is 0 Å². The number of Topliss-reactive ketones (excluding diaryl/α,β-unsaturated/α-hetero) is 1. The molecule has 0 aromatic heterocycles. The highest BCUT2D eigenvalue weighted by Gasteiger charge is 2.21. The van der Waals surface area contributed by atoms with Gasteiger partial charge in [-0.3, -0.25) is 14.9 Å². The number of non-ortho nitro benzene ring substituents is 1. The quantitative estimate of drug-likeness (QED) is 0.650. The molecule has 1 saturated heterocycles. The normalized spacial score (nSPS) is 15.2. The average molecular weight is 263 g/mol. The number of amides is 2. The summed E-state index contributed by atoms with van der Waals surface area (Å²) in [6, 6.07) is 5.19. The Labute approximate surface area is 109 Å². The highest BCUT2D eigenvalue weighted by molar-refractivity contribution is 5.93. The van der Waals surface area contributed by atoms with Crippen LogP contribution in [0, 0.1) is 10.1 Å². The van der Waals surface area contributed by atoms with Crippen molar-refractivity contribution in [3.05, 3.63) is 34.4 Å². The molecule has 0 atom stereocenters. The van der Waals surface area contributed by atoms with Crippen molar-refractivity contribution >= 4 is 23.2 Å². The van der Waals surface area contributed by atoms with Gasteiger partial charge in [0.15, 0.2) is 5.78 Å². The maximum Gasteiger partial charge on any atom is 0.322 e. The van der Waals surface area contributed by atoms with Gasteiger partial charge in [0.05, 0.1) is 11.5 Å². The van der Waals surface area contributed by atoms with Crippen LogP contribution in [-0.2, 0) is 4.79 Å². The number of benzene rings is 1. The van der Waals surface area contributed by atoms with E-state index in [1.807, 2.05) is 0 Å². The van der Waals surface area contributed by atoms with Crippen LogP contribution >= 0.6 is 0 Å². The van der Waals surface area contributed by atoms with E-state index in [0.29, 0.717) is 25.1 Å². The summed E-state index contributed by atoms with van der Waals surface area (Å²) in [6.45, 7) is 0.670. The van der Waals surface area contributed by atoms with Crippen molar-refractivity contribution in [2.75, 3.05) is 18.4 Å². The number of nitro benzene ring substituents is 1. The fourth-order valence-electron chi connectivity index (χ4n) is 1.88. The molecule has 7 heteroatoms. The summed E-state index contributed by atoms with van der Waals surface area (Å²) in [5.41, 5.74) is 0.430. The molecule has 2 rings (SSSR count). The van der Waals surface area contributed by atoms with E-state index in [1.165, 1.54) is 29.2 Å². The zero-order valence-corrected chi connectivity index (χ0v) is 10.2. The molecule has 0 radical (unpaired) electrons. The molecule has 19 heavy (non-hydrogen) atoms. The van der Waals surface area contributed by atoms with Crippen LogP contribution in [0.2, 0.25) is 0 Å². The molecule has 7 nitrogen and oxygen atoms in total. The number of hydrogen-bond acceptors (Lipinski definition) is 4. The van der Waals surface area contributed by atoms with E-state index in [1.54, 1.807) is 0 Å². The number of piperidine rings is 1. The highest BCUT2D eigenvalue weighted by Crippen LogP contribution is 2.16. The fraction of sp³-hybridized carbons (Fsp3) is 0.333. The number of nitrogens with zero attached hydrogens (tertiary/aromatic N) is 2. The molecule has 0 aliphatic carbocycles. The van der Waals surface area contributed by atoms with Crippen molar-refractivity contribution in [2.24, 2.45) is 0 Å². The average Bonchev–Trinajstić information content (AvgIpc) is 2.39. The highest BCUT2D eigenvalue weighted by atomic mass is 16.6. The van der Waals surface area contributed by atoms with E-state index in [0.717, 1.165) is 0 Å². The molecule has 1 fully saturated rings. The summed E-state index contributed by atoms with van der Waals surface area (Å²) >= 11 is 0. The number of carbonyl (C=O) groups is 2. The largest absolute Gasteiger partial charge is 0.322 e. The van der Waals surface area contributed by atoms with Crippen molar-refractivity contribution in [1.82, 2.24) is 4.90 Å². The third-order valence-electron chi connectivity index (χ3n) is 2.87. The lowest BCUT2D eigenvalue weighted by molar-refractivity contribution is -0.384. The third kappa shape index (κ3) is 3.27. The van der Waals surface area contributed by atoms with Crippen LogP contribution in [0.5, 0.6) is 0 Å². The van der Waals surface area contributed by atoms with Crippen LogP contribution in [0.3, 0.4) is 0 Å². The first-order valence-corrected chi connectivity index (χ1v) is 5.88. The molecule has 0 bridgehead atoms. The number of hydrogen-bond donors (Lipinski definition) is 1. The van der Waals surface area contributed by atoms with E-state index in [4.69, 9.17) is 0 Å². The molecule has 1 aliphatic rings. The number of nitrogens with one attached hydrogen (secondary N) is 1. The number of rotatable bonds is 2. The van der Waals surface area contributed by atoms with E-state index >= 15 is 0 Å². The van der Waals surface area contributed by atoms with Crippen LogP contribution in [0.15, 0.2) is 24.3 Å². The molecule has 1 N–H and O–H groups in total. The Kier molecular flexibility index (Phi) is 3.74. The molecule has 1 aromatic carbocycles. The van der Waals surface area contributed by atoms with Gasteiger partial charge in [0.1, 0.15) is 0 Å². The van der Waals surface area contributed by atoms with Crippen molar-refractivity contribution in [1.29, 1.82) is 0 Å². The van der Waals surface area contributed by atoms with Gasteiger partial charge in [-0.05, 0) is 18.6 Å².